The van der Waals surface area contributed by atoms with Gasteiger partial charge >= 0.3 is 0 Å². The molecule has 0 saturated carbocycles. The number of ether oxygens (including phenoxy) is 1. The molecule has 6 nitrogen and oxygen atoms in total. The van der Waals surface area contributed by atoms with Crippen molar-refractivity contribution in [2.24, 2.45) is 4.99 Å². The van der Waals surface area contributed by atoms with Crippen molar-refractivity contribution in [1.82, 2.24) is 15.5 Å². The molecule has 0 bridgehead atoms. The van der Waals surface area contributed by atoms with Crippen LogP contribution >= 0.6 is 0 Å². The molecule has 2 aromatic carbocycles. The molecular weight excluding hydrogens is 398 g/mol. The highest BCUT2D eigenvalue weighted by Crippen LogP contribution is 2.27. The minimum Gasteiger partial charge on any atom is -0.497 e. The van der Waals surface area contributed by atoms with Crippen LogP contribution in [0.3, 0.4) is 0 Å². The Kier molecular flexibility index (Phi) is 7.67. The van der Waals surface area contributed by atoms with Crippen molar-refractivity contribution in [3.8, 4) is 5.75 Å². The van der Waals surface area contributed by atoms with Gasteiger partial charge in [0.2, 0.25) is 0 Å². The fourth-order valence-corrected chi connectivity index (χ4v) is 4.47. The molecule has 0 radical (unpaired) electrons. The van der Waals surface area contributed by atoms with Crippen LogP contribution < -0.4 is 20.3 Å². The maximum atomic E-state index is 5.46. The number of methoxy groups -OCH3 is 1. The van der Waals surface area contributed by atoms with Gasteiger partial charge in [0, 0.05) is 38.9 Å². The zero-order valence-corrected chi connectivity index (χ0v) is 19.3. The topological polar surface area (TPSA) is 52.1 Å². The molecule has 32 heavy (non-hydrogen) atoms. The summed E-state index contributed by atoms with van der Waals surface area (Å²) in [5.74, 6) is 1.73. The molecule has 2 N–H and O–H groups in total. The second-order valence-electron chi connectivity index (χ2n) is 8.38. The standard InChI is InChI=1S/C26H35N5O/c1-27-26(28-19-21-10-12-23(13-11-21)30-14-3-4-15-30)29-20-25(31-16-5-6-17-31)22-8-7-9-24(18-22)32-2/h3-4,7-13,18,25H,5-6,14-17,19-20H2,1-2H3,(H2,27,28,29). The largest absolute Gasteiger partial charge is 0.497 e. The Morgan fingerprint density at radius 3 is 2.47 bits per heavy atom. The van der Waals surface area contributed by atoms with E-state index in [4.69, 9.17) is 4.74 Å². The zero-order valence-electron chi connectivity index (χ0n) is 19.3. The smallest absolute Gasteiger partial charge is 0.191 e. The second kappa shape index (κ2) is 11.0. The third kappa shape index (κ3) is 5.62. The Morgan fingerprint density at radius 2 is 1.78 bits per heavy atom. The van der Waals surface area contributed by atoms with Crippen LogP contribution in [-0.2, 0) is 6.54 Å². The lowest BCUT2D eigenvalue weighted by molar-refractivity contribution is 0.245. The van der Waals surface area contributed by atoms with Crippen molar-refractivity contribution in [1.29, 1.82) is 0 Å². The molecule has 0 amide bonds. The molecule has 1 saturated heterocycles. The molecule has 2 aliphatic rings. The highest BCUT2D eigenvalue weighted by atomic mass is 16.5. The zero-order chi connectivity index (χ0) is 22.2. The number of hydrogen-bond donors (Lipinski definition) is 2. The highest BCUT2D eigenvalue weighted by molar-refractivity contribution is 5.79. The molecule has 1 fully saturated rings. The van der Waals surface area contributed by atoms with E-state index in [9.17, 15) is 0 Å². The fourth-order valence-electron chi connectivity index (χ4n) is 4.47. The molecule has 2 aliphatic heterocycles. The van der Waals surface area contributed by atoms with Gasteiger partial charge in [-0.15, -0.1) is 0 Å². The summed E-state index contributed by atoms with van der Waals surface area (Å²) >= 11 is 0. The quantitative estimate of drug-likeness (QED) is 0.379. The van der Waals surface area contributed by atoms with Gasteiger partial charge in [0.1, 0.15) is 5.75 Å². The average Bonchev–Trinajstić information content (AvgIpc) is 3.57. The summed E-state index contributed by atoms with van der Waals surface area (Å²) in [6.07, 6.45) is 6.95. The van der Waals surface area contributed by atoms with Crippen LogP contribution in [0.25, 0.3) is 0 Å². The number of rotatable bonds is 8. The summed E-state index contributed by atoms with van der Waals surface area (Å²) < 4.78 is 5.46. The monoisotopic (exact) mass is 433 g/mol. The molecule has 4 rings (SSSR count). The first-order valence-electron chi connectivity index (χ1n) is 11.6. The SMILES string of the molecule is CN=C(NCc1ccc(N2CC=CC2)cc1)NCC(c1cccc(OC)c1)N1CCCC1. The normalized spacial score (nSPS) is 17.6. The molecular formula is C26H35N5O. The van der Waals surface area contributed by atoms with E-state index in [1.54, 1.807) is 7.11 Å². The van der Waals surface area contributed by atoms with Crippen LogP contribution in [0.2, 0.25) is 0 Å². The van der Waals surface area contributed by atoms with Crippen molar-refractivity contribution in [2.75, 3.05) is 51.8 Å². The molecule has 2 heterocycles. The van der Waals surface area contributed by atoms with E-state index in [-0.39, 0.29) is 0 Å². The van der Waals surface area contributed by atoms with Gasteiger partial charge in [0.25, 0.3) is 0 Å². The lowest BCUT2D eigenvalue weighted by Gasteiger charge is -2.29. The van der Waals surface area contributed by atoms with Crippen LogP contribution in [-0.4, -0.2) is 57.7 Å². The van der Waals surface area contributed by atoms with Gasteiger partial charge in [-0.25, -0.2) is 0 Å². The number of benzene rings is 2. The molecule has 2 aromatic rings. The summed E-state index contributed by atoms with van der Waals surface area (Å²) in [5, 5.41) is 7.01. The van der Waals surface area contributed by atoms with Crippen molar-refractivity contribution in [2.45, 2.75) is 25.4 Å². The van der Waals surface area contributed by atoms with Crippen LogP contribution in [0, 0.1) is 0 Å². The van der Waals surface area contributed by atoms with Gasteiger partial charge in [-0.3, -0.25) is 9.89 Å². The van der Waals surface area contributed by atoms with Gasteiger partial charge in [-0.1, -0.05) is 36.4 Å². The van der Waals surface area contributed by atoms with Crippen LogP contribution in [0.4, 0.5) is 5.69 Å². The molecule has 0 aliphatic carbocycles. The van der Waals surface area contributed by atoms with E-state index in [1.807, 2.05) is 13.1 Å². The molecule has 170 valence electrons. The maximum Gasteiger partial charge on any atom is 0.191 e. The van der Waals surface area contributed by atoms with E-state index in [0.29, 0.717) is 6.04 Å². The number of hydrogen-bond acceptors (Lipinski definition) is 4. The van der Waals surface area contributed by atoms with E-state index >= 15 is 0 Å². The fraction of sp³-hybridized carbons (Fsp3) is 0.423. The molecule has 0 aromatic heterocycles. The lowest BCUT2D eigenvalue weighted by Crippen LogP contribution is -2.42. The van der Waals surface area contributed by atoms with E-state index in [0.717, 1.165) is 51.0 Å². The van der Waals surface area contributed by atoms with Crippen LogP contribution in [0.15, 0.2) is 65.7 Å². The van der Waals surface area contributed by atoms with E-state index in [1.165, 1.54) is 29.7 Å². The van der Waals surface area contributed by atoms with Crippen molar-refractivity contribution in [3.63, 3.8) is 0 Å². The first-order valence-corrected chi connectivity index (χ1v) is 11.6. The Morgan fingerprint density at radius 1 is 1.03 bits per heavy atom. The van der Waals surface area contributed by atoms with Gasteiger partial charge in [0.15, 0.2) is 5.96 Å². The predicted molar refractivity (Wildman–Crippen MR) is 133 cm³/mol. The van der Waals surface area contributed by atoms with Gasteiger partial charge < -0.3 is 20.3 Å². The number of likely N-dealkylation sites (tertiary alicyclic amines) is 1. The van der Waals surface area contributed by atoms with Gasteiger partial charge in [-0.2, -0.15) is 0 Å². The third-order valence-corrected chi connectivity index (χ3v) is 6.33. The minimum absolute atomic E-state index is 0.291. The number of anilines is 1. The molecule has 1 unspecified atom stereocenters. The summed E-state index contributed by atoms with van der Waals surface area (Å²) in [4.78, 5) is 9.36. The van der Waals surface area contributed by atoms with Crippen molar-refractivity contribution >= 4 is 11.6 Å². The molecule has 1 atom stereocenters. The van der Waals surface area contributed by atoms with Crippen molar-refractivity contribution in [3.05, 3.63) is 71.8 Å². The Bertz CT molecular complexity index is 910. The van der Waals surface area contributed by atoms with Crippen LogP contribution in [0.5, 0.6) is 5.75 Å². The lowest BCUT2D eigenvalue weighted by atomic mass is 10.1. The number of nitrogens with one attached hydrogen (secondary N) is 2. The third-order valence-electron chi connectivity index (χ3n) is 6.33. The Labute approximate surface area is 192 Å². The van der Waals surface area contributed by atoms with E-state index in [2.05, 4.69) is 80.0 Å². The second-order valence-corrected chi connectivity index (χ2v) is 8.38. The number of guanidine groups is 1. The highest BCUT2D eigenvalue weighted by Gasteiger charge is 2.24. The summed E-state index contributed by atoms with van der Waals surface area (Å²) in [6, 6.07) is 17.5. The first-order chi connectivity index (χ1) is 15.8. The molecule has 0 spiro atoms. The summed E-state index contributed by atoms with van der Waals surface area (Å²) in [7, 11) is 3.55. The minimum atomic E-state index is 0.291. The summed E-state index contributed by atoms with van der Waals surface area (Å²) in [6.45, 7) is 5.81. The van der Waals surface area contributed by atoms with Gasteiger partial charge in [0.05, 0.1) is 13.2 Å². The maximum absolute atomic E-state index is 5.46. The first kappa shape index (κ1) is 22.2. The van der Waals surface area contributed by atoms with Crippen LogP contribution in [0.1, 0.15) is 30.0 Å². The number of aliphatic imine (C=N–C) groups is 1. The number of nitrogens with zero attached hydrogens (tertiary/aromatic N) is 3. The van der Waals surface area contributed by atoms with E-state index < -0.39 is 0 Å². The van der Waals surface area contributed by atoms with Crippen molar-refractivity contribution < 1.29 is 4.74 Å². The Balaban J connectivity index is 1.34. The average molecular weight is 434 g/mol. The van der Waals surface area contributed by atoms with Gasteiger partial charge in [-0.05, 0) is 61.3 Å². The predicted octanol–water partition coefficient (Wildman–Crippen LogP) is 3.57. The summed E-state index contributed by atoms with van der Waals surface area (Å²) in [5.41, 5.74) is 3.79. The molecule has 6 heteroatoms. The Hall–Kier alpha value is -2.99.